The van der Waals surface area contributed by atoms with E-state index in [1.54, 1.807) is 36.4 Å². The highest BCUT2D eigenvalue weighted by Gasteiger charge is 2.19. The van der Waals surface area contributed by atoms with Crippen LogP contribution >= 0.6 is 0 Å². The lowest BCUT2D eigenvalue weighted by molar-refractivity contribution is -0.123. The Morgan fingerprint density at radius 3 is 2.36 bits per heavy atom. The molecule has 0 aliphatic rings. The van der Waals surface area contributed by atoms with Crippen LogP contribution in [0.3, 0.4) is 0 Å². The maximum atomic E-state index is 12.2. The number of carbonyl (C=O) groups is 2. The van der Waals surface area contributed by atoms with E-state index in [0.29, 0.717) is 17.0 Å². The molecule has 0 aliphatic carbocycles. The van der Waals surface area contributed by atoms with E-state index < -0.39 is 18.0 Å². The normalized spacial score (nSPS) is 11.4. The number of methoxy groups -OCH3 is 1. The predicted octanol–water partition coefficient (Wildman–Crippen LogP) is 2.95. The van der Waals surface area contributed by atoms with Gasteiger partial charge in [0.25, 0.3) is 5.91 Å². The number of amides is 1. The van der Waals surface area contributed by atoms with Gasteiger partial charge in [-0.1, -0.05) is 6.07 Å². The quantitative estimate of drug-likeness (QED) is 0.818. The molecule has 0 saturated carbocycles. The standard InChI is InChI=1S/C19H22N2O4/c1-13(25-19(23)14-6-5-7-17(12-14)24-4)18(22)20-15-8-10-16(11-9-15)21(2)3/h5-13H,1-4H3,(H,20,22)/t13-/m0/s1. The molecule has 0 heterocycles. The maximum absolute atomic E-state index is 12.2. The van der Waals surface area contributed by atoms with Gasteiger partial charge in [-0.3, -0.25) is 4.79 Å². The molecule has 0 aliphatic heterocycles. The molecule has 0 unspecified atom stereocenters. The largest absolute Gasteiger partial charge is 0.497 e. The minimum absolute atomic E-state index is 0.328. The number of anilines is 2. The molecule has 132 valence electrons. The van der Waals surface area contributed by atoms with Gasteiger partial charge in [0.2, 0.25) is 0 Å². The van der Waals surface area contributed by atoms with Crippen molar-refractivity contribution in [2.45, 2.75) is 13.0 Å². The summed E-state index contributed by atoms with van der Waals surface area (Å²) in [5, 5.41) is 2.73. The number of hydrogen-bond acceptors (Lipinski definition) is 5. The van der Waals surface area contributed by atoms with E-state index in [0.717, 1.165) is 5.69 Å². The van der Waals surface area contributed by atoms with Crippen LogP contribution in [0.1, 0.15) is 17.3 Å². The predicted molar refractivity (Wildman–Crippen MR) is 97.3 cm³/mol. The van der Waals surface area contributed by atoms with Gasteiger partial charge < -0.3 is 19.7 Å². The van der Waals surface area contributed by atoms with Gasteiger partial charge >= 0.3 is 5.97 Å². The summed E-state index contributed by atoms with van der Waals surface area (Å²) in [7, 11) is 5.39. The fourth-order valence-corrected chi connectivity index (χ4v) is 2.12. The Hall–Kier alpha value is -3.02. The average molecular weight is 342 g/mol. The van der Waals surface area contributed by atoms with Gasteiger partial charge in [-0.25, -0.2) is 4.79 Å². The van der Waals surface area contributed by atoms with Gasteiger partial charge in [0, 0.05) is 25.5 Å². The minimum Gasteiger partial charge on any atom is -0.497 e. The Morgan fingerprint density at radius 1 is 1.08 bits per heavy atom. The summed E-state index contributed by atoms with van der Waals surface area (Å²) >= 11 is 0. The molecule has 2 rings (SSSR count). The van der Waals surface area contributed by atoms with Crippen LogP contribution in [0.5, 0.6) is 5.75 Å². The second kappa shape index (κ2) is 8.19. The van der Waals surface area contributed by atoms with Crippen molar-refractivity contribution in [1.82, 2.24) is 0 Å². The first kappa shape index (κ1) is 18.3. The lowest BCUT2D eigenvalue weighted by atomic mass is 10.2. The summed E-state index contributed by atoms with van der Waals surface area (Å²) in [6, 6.07) is 14.0. The number of esters is 1. The molecule has 2 aromatic rings. The van der Waals surface area contributed by atoms with Crippen molar-refractivity contribution in [3.05, 3.63) is 54.1 Å². The van der Waals surface area contributed by atoms with Crippen molar-refractivity contribution in [3.8, 4) is 5.75 Å². The van der Waals surface area contributed by atoms with Crippen LogP contribution in [0.2, 0.25) is 0 Å². The third-order valence-electron chi connectivity index (χ3n) is 3.61. The van der Waals surface area contributed by atoms with Crippen molar-refractivity contribution in [2.24, 2.45) is 0 Å². The topological polar surface area (TPSA) is 67.9 Å². The van der Waals surface area contributed by atoms with Crippen LogP contribution in [0.15, 0.2) is 48.5 Å². The summed E-state index contributed by atoms with van der Waals surface area (Å²) in [6.45, 7) is 1.53. The zero-order chi connectivity index (χ0) is 18.4. The van der Waals surface area contributed by atoms with Crippen molar-refractivity contribution in [3.63, 3.8) is 0 Å². The number of benzene rings is 2. The fraction of sp³-hybridized carbons (Fsp3) is 0.263. The number of rotatable bonds is 6. The van der Waals surface area contributed by atoms with Crippen LogP contribution in [-0.2, 0) is 9.53 Å². The maximum Gasteiger partial charge on any atom is 0.339 e. The summed E-state index contributed by atoms with van der Waals surface area (Å²) in [5.74, 6) is -0.425. The second-order valence-corrected chi connectivity index (χ2v) is 5.71. The van der Waals surface area contributed by atoms with Crippen molar-refractivity contribution in [2.75, 3.05) is 31.4 Å². The first-order chi connectivity index (χ1) is 11.9. The molecule has 1 amide bonds. The van der Waals surface area contributed by atoms with E-state index in [2.05, 4.69) is 5.32 Å². The molecule has 2 aromatic carbocycles. The Labute approximate surface area is 147 Å². The first-order valence-corrected chi connectivity index (χ1v) is 7.84. The number of nitrogens with one attached hydrogen (secondary N) is 1. The van der Waals surface area contributed by atoms with Crippen LogP contribution in [0, 0.1) is 0 Å². The number of hydrogen-bond donors (Lipinski definition) is 1. The lowest BCUT2D eigenvalue weighted by Crippen LogP contribution is -2.30. The third-order valence-corrected chi connectivity index (χ3v) is 3.61. The molecular formula is C19H22N2O4. The summed E-state index contributed by atoms with van der Waals surface area (Å²) in [5.41, 5.74) is 1.99. The van der Waals surface area contributed by atoms with Gasteiger partial charge in [0.05, 0.1) is 12.7 Å². The lowest BCUT2D eigenvalue weighted by Gasteiger charge is -2.15. The van der Waals surface area contributed by atoms with Crippen LogP contribution in [-0.4, -0.2) is 39.2 Å². The molecule has 0 spiro atoms. The summed E-state index contributed by atoms with van der Waals surface area (Å²) in [6.07, 6.45) is -0.924. The van der Waals surface area contributed by atoms with Crippen molar-refractivity contribution < 1.29 is 19.1 Å². The molecule has 1 N–H and O–H groups in total. The minimum atomic E-state index is -0.924. The Balaban J connectivity index is 1.96. The Bertz CT molecular complexity index is 741. The molecular weight excluding hydrogens is 320 g/mol. The smallest absolute Gasteiger partial charge is 0.339 e. The Morgan fingerprint density at radius 2 is 1.76 bits per heavy atom. The second-order valence-electron chi connectivity index (χ2n) is 5.71. The summed E-state index contributed by atoms with van der Waals surface area (Å²) < 4.78 is 10.3. The van der Waals surface area contributed by atoms with Gasteiger partial charge in [0.1, 0.15) is 5.75 Å². The van der Waals surface area contributed by atoms with E-state index in [9.17, 15) is 9.59 Å². The first-order valence-electron chi connectivity index (χ1n) is 7.84. The SMILES string of the molecule is COc1cccc(C(=O)O[C@@H](C)C(=O)Nc2ccc(N(C)C)cc2)c1. The molecule has 0 aromatic heterocycles. The molecule has 0 bridgehead atoms. The number of carbonyl (C=O) groups excluding carboxylic acids is 2. The van der Waals surface area contributed by atoms with E-state index in [4.69, 9.17) is 9.47 Å². The molecule has 0 radical (unpaired) electrons. The van der Waals surface area contributed by atoms with E-state index in [-0.39, 0.29) is 0 Å². The zero-order valence-electron chi connectivity index (χ0n) is 14.8. The molecule has 1 atom stereocenters. The Kier molecular flexibility index (Phi) is 6.00. The molecule has 6 nitrogen and oxygen atoms in total. The van der Waals surface area contributed by atoms with Gasteiger partial charge in [-0.05, 0) is 49.4 Å². The van der Waals surface area contributed by atoms with Gasteiger partial charge in [-0.15, -0.1) is 0 Å². The fourth-order valence-electron chi connectivity index (χ4n) is 2.12. The van der Waals surface area contributed by atoms with E-state index >= 15 is 0 Å². The van der Waals surface area contributed by atoms with Crippen LogP contribution < -0.4 is 15.0 Å². The number of ether oxygens (including phenoxy) is 2. The molecule has 0 saturated heterocycles. The van der Waals surface area contributed by atoms with Gasteiger partial charge in [-0.2, -0.15) is 0 Å². The molecule has 6 heteroatoms. The van der Waals surface area contributed by atoms with Gasteiger partial charge in [0.15, 0.2) is 6.10 Å². The highest BCUT2D eigenvalue weighted by molar-refractivity contribution is 5.97. The monoisotopic (exact) mass is 342 g/mol. The van der Waals surface area contributed by atoms with Crippen molar-refractivity contribution >= 4 is 23.3 Å². The average Bonchev–Trinajstić information content (AvgIpc) is 2.62. The van der Waals surface area contributed by atoms with E-state index in [1.165, 1.54) is 14.0 Å². The van der Waals surface area contributed by atoms with Crippen molar-refractivity contribution in [1.29, 1.82) is 0 Å². The summed E-state index contributed by atoms with van der Waals surface area (Å²) in [4.78, 5) is 26.3. The molecule has 25 heavy (non-hydrogen) atoms. The zero-order valence-corrected chi connectivity index (χ0v) is 14.8. The van der Waals surface area contributed by atoms with Crippen LogP contribution in [0.25, 0.3) is 0 Å². The third kappa shape index (κ3) is 4.97. The van der Waals surface area contributed by atoms with Crippen LogP contribution in [0.4, 0.5) is 11.4 Å². The highest BCUT2D eigenvalue weighted by Crippen LogP contribution is 2.17. The van der Waals surface area contributed by atoms with E-state index in [1.807, 2.05) is 31.1 Å². The number of nitrogens with zero attached hydrogens (tertiary/aromatic N) is 1. The highest BCUT2D eigenvalue weighted by atomic mass is 16.5. The molecule has 0 fully saturated rings.